The van der Waals surface area contributed by atoms with E-state index in [0.717, 1.165) is 24.8 Å². The second-order valence-corrected chi connectivity index (χ2v) is 4.14. The Hall–Kier alpha value is -1.75. The van der Waals surface area contributed by atoms with E-state index in [4.69, 9.17) is 19.7 Å². The first kappa shape index (κ1) is 10.4. The van der Waals surface area contributed by atoms with Crippen LogP contribution in [0.25, 0.3) is 11.0 Å². The SMILES string of the molecule is Nc1noc2cccc(OC[C@H]3CCCO3)c12. The van der Waals surface area contributed by atoms with Crippen molar-refractivity contribution in [2.45, 2.75) is 18.9 Å². The first-order valence-corrected chi connectivity index (χ1v) is 5.73. The van der Waals surface area contributed by atoms with Gasteiger partial charge in [0.05, 0.1) is 6.10 Å². The lowest BCUT2D eigenvalue weighted by molar-refractivity contribution is 0.0685. The van der Waals surface area contributed by atoms with Crippen LogP contribution in [-0.4, -0.2) is 24.5 Å². The van der Waals surface area contributed by atoms with Crippen molar-refractivity contribution in [1.29, 1.82) is 0 Å². The van der Waals surface area contributed by atoms with Crippen LogP contribution in [-0.2, 0) is 4.74 Å². The molecule has 1 aromatic heterocycles. The summed E-state index contributed by atoms with van der Waals surface area (Å²) in [4.78, 5) is 0. The smallest absolute Gasteiger partial charge is 0.178 e. The van der Waals surface area contributed by atoms with Crippen molar-refractivity contribution < 1.29 is 14.0 Å². The van der Waals surface area contributed by atoms with E-state index in [0.29, 0.717) is 23.8 Å². The maximum atomic E-state index is 5.74. The number of nitrogens with two attached hydrogens (primary N) is 1. The van der Waals surface area contributed by atoms with Gasteiger partial charge in [-0.05, 0) is 25.0 Å². The van der Waals surface area contributed by atoms with E-state index in [9.17, 15) is 0 Å². The molecule has 0 saturated carbocycles. The summed E-state index contributed by atoms with van der Waals surface area (Å²) in [6.07, 6.45) is 2.34. The Labute approximate surface area is 98.5 Å². The highest BCUT2D eigenvalue weighted by Crippen LogP contribution is 2.30. The zero-order valence-corrected chi connectivity index (χ0v) is 9.39. The molecule has 5 heteroatoms. The zero-order chi connectivity index (χ0) is 11.7. The molecule has 90 valence electrons. The van der Waals surface area contributed by atoms with Gasteiger partial charge in [0.1, 0.15) is 17.7 Å². The van der Waals surface area contributed by atoms with Crippen molar-refractivity contribution in [3.8, 4) is 5.75 Å². The maximum absolute atomic E-state index is 5.74. The summed E-state index contributed by atoms with van der Waals surface area (Å²) < 4.78 is 16.3. The van der Waals surface area contributed by atoms with Crippen molar-refractivity contribution in [1.82, 2.24) is 5.16 Å². The van der Waals surface area contributed by atoms with Gasteiger partial charge in [0.25, 0.3) is 0 Å². The predicted octanol–water partition coefficient (Wildman–Crippen LogP) is 1.97. The van der Waals surface area contributed by atoms with Crippen molar-refractivity contribution in [2.75, 3.05) is 18.9 Å². The van der Waals surface area contributed by atoms with Gasteiger partial charge in [0.15, 0.2) is 11.4 Å². The van der Waals surface area contributed by atoms with Gasteiger partial charge in [-0.3, -0.25) is 0 Å². The van der Waals surface area contributed by atoms with Gasteiger partial charge < -0.3 is 19.7 Å². The van der Waals surface area contributed by atoms with Gasteiger partial charge in [0, 0.05) is 6.61 Å². The summed E-state index contributed by atoms with van der Waals surface area (Å²) in [7, 11) is 0. The second kappa shape index (κ2) is 4.25. The Balaban J connectivity index is 1.81. The minimum Gasteiger partial charge on any atom is -0.490 e. The molecule has 1 fully saturated rings. The fourth-order valence-corrected chi connectivity index (χ4v) is 2.06. The molecule has 2 N–H and O–H groups in total. The topological polar surface area (TPSA) is 70.5 Å². The van der Waals surface area contributed by atoms with Crippen LogP contribution < -0.4 is 10.5 Å². The molecule has 2 heterocycles. The Bertz CT molecular complexity index is 517. The van der Waals surface area contributed by atoms with Gasteiger partial charge >= 0.3 is 0 Å². The van der Waals surface area contributed by atoms with Crippen molar-refractivity contribution in [2.24, 2.45) is 0 Å². The monoisotopic (exact) mass is 234 g/mol. The molecule has 0 amide bonds. The number of hydrogen-bond acceptors (Lipinski definition) is 5. The van der Waals surface area contributed by atoms with E-state index in [2.05, 4.69) is 5.16 Å². The van der Waals surface area contributed by atoms with Crippen LogP contribution >= 0.6 is 0 Å². The van der Waals surface area contributed by atoms with Crippen LogP contribution in [0.1, 0.15) is 12.8 Å². The fourth-order valence-electron chi connectivity index (χ4n) is 2.06. The average molecular weight is 234 g/mol. The lowest BCUT2D eigenvalue weighted by atomic mass is 10.2. The molecule has 1 aliphatic heterocycles. The summed E-state index contributed by atoms with van der Waals surface area (Å²) >= 11 is 0. The largest absolute Gasteiger partial charge is 0.490 e. The van der Waals surface area contributed by atoms with Crippen molar-refractivity contribution in [3.05, 3.63) is 18.2 Å². The third kappa shape index (κ3) is 1.93. The minimum atomic E-state index is 0.186. The highest BCUT2D eigenvalue weighted by atomic mass is 16.5. The third-order valence-electron chi connectivity index (χ3n) is 2.94. The van der Waals surface area contributed by atoms with Crippen molar-refractivity contribution in [3.63, 3.8) is 0 Å². The van der Waals surface area contributed by atoms with Gasteiger partial charge in [-0.25, -0.2) is 0 Å². The van der Waals surface area contributed by atoms with Gasteiger partial charge in [0.2, 0.25) is 0 Å². The number of aromatic nitrogens is 1. The number of hydrogen-bond donors (Lipinski definition) is 1. The Morgan fingerprint density at radius 2 is 2.41 bits per heavy atom. The van der Waals surface area contributed by atoms with Crippen LogP contribution in [0.15, 0.2) is 22.7 Å². The zero-order valence-electron chi connectivity index (χ0n) is 9.39. The predicted molar refractivity (Wildman–Crippen MR) is 62.9 cm³/mol. The van der Waals surface area contributed by atoms with Crippen LogP contribution in [0.5, 0.6) is 5.75 Å². The van der Waals surface area contributed by atoms with Gasteiger partial charge in [-0.2, -0.15) is 0 Å². The first-order valence-electron chi connectivity index (χ1n) is 5.73. The number of nitrogen functional groups attached to an aromatic ring is 1. The van der Waals surface area contributed by atoms with Crippen LogP contribution in [0, 0.1) is 0 Å². The average Bonchev–Trinajstić information content (AvgIpc) is 2.97. The summed E-state index contributed by atoms with van der Waals surface area (Å²) in [5, 5.41) is 4.47. The van der Waals surface area contributed by atoms with Crippen molar-refractivity contribution >= 4 is 16.8 Å². The van der Waals surface area contributed by atoms with Gasteiger partial charge in [-0.15, -0.1) is 0 Å². The van der Waals surface area contributed by atoms with E-state index in [1.54, 1.807) is 0 Å². The second-order valence-electron chi connectivity index (χ2n) is 4.14. The third-order valence-corrected chi connectivity index (χ3v) is 2.94. The molecule has 0 aliphatic carbocycles. The van der Waals surface area contributed by atoms with E-state index in [1.165, 1.54) is 0 Å². The highest BCUT2D eigenvalue weighted by molar-refractivity contribution is 5.92. The van der Waals surface area contributed by atoms with E-state index < -0.39 is 0 Å². The summed E-state index contributed by atoms with van der Waals surface area (Å²) in [5.74, 6) is 1.07. The van der Waals surface area contributed by atoms with Crippen LogP contribution in [0.2, 0.25) is 0 Å². The summed E-state index contributed by atoms with van der Waals surface area (Å²) in [6, 6.07) is 5.54. The molecule has 1 aromatic carbocycles. The summed E-state index contributed by atoms with van der Waals surface area (Å²) in [5.41, 5.74) is 6.39. The summed E-state index contributed by atoms with van der Waals surface area (Å²) in [6.45, 7) is 1.37. The molecular weight excluding hydrogens is 220 g/mol. The molecule has 3 rings (SSSR count). The minimum absolute atomic E-state index is 0.186. The van der Waals surface area contributed by atoms with Crippen LogP contribution in [0.3, 0.4) is 0 Å². The lowest BCUT2D eigenvalue weighted by Gasteiger charge is -2.11. The number of ether oxygens (including phenoxy) is 2. The fraction of sp³-hybridized carbons (Fsp3) is 0.417. The quantitative estimate of drug-likeness (QED) is 0.879. The molecule has 0 spiro atoms. The van der Waals surface area contributed by atoms with Crippen LogP contribution in [0.4, 0.5) is 5.82 Å². The van der Waals surface area contributed by atoms with E-state index in [-0.39, 0.29) is 6.10 Å². The Morgan fingerprint density at radius 1 is 1.47 bits per heavy atom. The van der Waals surface area contributed by atoms with Gasteiger partial charge in [-0.1, -0.05) is 11.2 Å². The number of fused-ring (bicyclic) bond motifs is 1. The molecule has 5 nitrogen and oxygen atoms in total. The first-order chi connectivity index (χ1) is 8.34. The Morgan fingerprint density at radius 3 is 3.24 bits per heavy atom. The molecule has 0 unspecified atom stereocenters. The number of rotatable bonds is 3. The molecule has 1 atom stereocenters. The van der Waals surface area contributed by atoms with E-state index >= 15 is 0 Å². The standard InChI is InChI=1S/C12H14N2O3/c13-12-11-9(4-1-5-10(11)17-14-12)16-7-8-3-2-6-15-8/h1,4-5,8H,2-3,6-7H2,(H2,13,14)/t8-/m1/s1. The molecule has 17 heavy (non-hydrogen) atoms. The number of anilines is 1. The molecular formula is C12H14N2O3. The van der Waals surface area contributed by atoms with E-state index in [1.807, 2.05) is 18.2 Å². The molecule has 1 aliphatic rings. The number of nitrogens with zero attached hydrogens (tertiary/aromatic N) is 1. The Kier molecular flexibility index (Phi) is 2.60. The molecule has 0 radical (unpaired) electrons. The molecule has 0 bridgehead atoms. The maximum Gasteiger partial charge on any atom is 0.178 e. The molecule has 1 saturated heterocycles. The normalized spacial score (nSPS) is 19.9. The number of benzene rings is 1. The highest BCUT2D eigenvalue weighted by Gasteiger charge is 2.17. The lowest BCUT2D eigenvalue weighted by Crippen LogP contribution is -2.16. The molecule has 2 aromatic rings.